The quantitative estimate of drug-likeness (QED) is 0.597. The molecule has 0 aliphatic heterocycles. The second-order valence-electron chi connectivity index (χ2n) is 8.22. The van der Waals surface area contributed by atoms with Gasteiger partial charge in [-0.05, 0) is 36.6 Å². The van der Waals surface area contributed by atoms with E-state index in [1.165, 1.54) is 25.5 Å². The van der Waals surface area contributed by atoms with Gasteiger partial charge in [0, 0.05) is 30.3 Å². The molecule has 1 aliphatic rings. The number of fused-ring (bicyclic) bond motifs is 1. The monoisotopic (exact) mass is 420 g/mol. The number of imidazole rings is 1. The molecular weight excluding hydrogens is 392 g/mol. The molecule has 31 heavy (non-hydrogen) atoms. The summed E-state index contributed by atoms with van der Waals surface area (Å²) in [4.78, 5) is 28.4. The zero-order valence-corrected chi connectivity index (χ0v) is 18.0. The van der Waals surface area contributed by atoms with Gasteiger partial charge in [0.1, 0.15) is 5.82 Å². The Labute approximate surface area is 181 Å². The van der Waals surface area contributed by atoms with E-state index in [1.807, 2.05) is 17.7 Å². The lowest BCUT2D eigenvalue weighted by Gasteiger charge is -2.24. The number of aromatic nitrogens is 2. The molecule has 4 rings (SSSR count). The van der Waals surface area contributed by atoms with Crippen LogP contribution in [0.25, 0.3) is 22.4 Å². The van der Waals surface area contributed by atoms with Crippen molar-refractivity contribution in [2.24, 2.45) is 12.8 Å². The van der Waals surface area contributed by atoms with Gasteiger partial charge in [-0.1, -0.05) is 37.1 Å². The van der Waals surface area contributed by atoms with Gasteiger partial charge in [-0.25, -0.2) is 4.98 Å². The number of hydrogen-bond donors (Lipinski definition) is 2. The van der Waals surface area contributed by atoms with Crippen molar-refractivity contribution in [3.8, 4) is 11.4 Å². The van der Waals surface area contributed by atoms with E-state index in [9.17, 15) is 9.59 Å². The van der Waals surface area contributed by atoms with Crippen molar-refractivity contribution in [3.63, 3.8) is 0 Å². The third-order valence-corrected chi connectivity index (χ3v) is 6.20. The number of ether oxygens (including phenoxy) is 1. The molecule has 1 heterocycles. The van der Waals surface area contributed by atoms with Crippen LogP contribution < -0.4 is 11.1 Å². The minimum atomic E-state index is -0.357. The molecule has 0 atom stereocenters. The Morgan fingerprint density at radius 1 is 1.16 bits per heavy atom. The van der Waals surface area contributed by atoms with Crippen molar-refractivity contribution in [1.29, 1.82) is 0 Å². The first kappa shape index (κ1) is 21.1. The van der Waals surface area contributed by atoms with Gasteiger partial charge in [0.15, 0.2) is 0 Å². The van der Waals surface area contributed by atoms with Crippen LogP contribution in [0.4, 0.5) is 0 Å². The summed E-state index contributed by atoms with van der Waals surface area (Å²) in [5.41, 5.74) is 10.7. The molecule has 3 N–H and O–H groups in total. The number of aryl methyl sites for hydroxylation is 1. The topological polar surface area (TPSA) is 99.2 Å². The van der Waals surface area contributed by atoms with Crippen LogP contribution in [0.5, 0.6) is 0 Å². The number of nitrogens with two attached hydrogens (primary N) is 1. The highest BCUT2D eigenvalue weighted by Gasteiger charge is 2.31. The van der Waals surface area contributed by atoms with E-state index in [0.29, 0.717) is 5.56 Å². The molecule has 1 aromatic heterocycles. The van der Waals surface area contributed by atoms with E-state index in [2.05, 4.69) is 34.3 Å². The van der Waals surface area contributed by atoms with E-state index < -0.39 is 0 Å². The first-order valence-electron chi connectivity index (χ1n) is 10.6. The largest absolute Gasteiger partial charge is 0.469 e. The summed E-state index contributed by atoms with van der Waals surface area (Å²) in [6.07, 6.45) is 4.56. The van der Waals surface area contributed by atoms with E-state index in [1.54, 1.807) is 12.1 Å². The van der Waals surface area contributed by atoms with Crippen molar-refractivity contribution in [2.75, 3.05) is 13.7 Å². The lowest BCUT2D eigenvalue weighted by Crippen LogP contribution is -2.32. The summed E-state index contributed by atoms with van der Waals surface area (Å²) in [6, 6.07) is 13.8. The molecule has 0 saturated heterocycles. The first-order valence-corrected chi connectivity index (χ1v) is 10.6. The maximum absolute atomic E-state index is 12.4. The van der Waals surface area contributed by atoms with E-state index in [4.69, 9.17) is 10.7 Å². The van der Waals surface area contributed by atoms with Crippen molar-refractivity contribution in [1.82, 2.24) is 14.9 Å². The molecular formula is C24H28N4O3. The minimum absolute atomic E-state index is 0.137. The molecule has 0 bridgehead atoms. The molecule has 0 radical (unpaired) electrons. The molecule has 1 amide bonds. The number of esters is 1. The summed E-state index contributed by atoms with van der Waals surface area (Å²) >= 11 is 0. The molecule has 1 fully saturated rings. The SMILES string of the molecule is COC(=O)CCNC(=O)c1ccc2c(c1)nc(-c1ccc(C3(N)CCCC3)cc1)n2C. The fraction of sp³-hybridized carbons (Fsp3) is 0.375. The predicted octanol–water partition coefficient (Wildman–Crippen LogP) is 3.26. The molecule has 2 aromatic carbocycles. The second kappa shape index (κ2) is 8.51. The summed E-state index contributed by atoms with van der Waals surface area (Å²) in [6.45, 7) is 0.228. The number of carbonyl (C=O) groups is 2. The Morgan fingerprint density at radius 3 is 2.55 bits per heavy atom. The van der Waals surface area contributed by atoms with Crippen molar-refractivity contribution in [3.05, 3.63) is 53.6 Å². The predicted molar refractivity (Wildman–Crippen MR) is 119 cm³/mol. The van der Waals surface area contributed by atoms with Crippen LogP contribution in [0, 0.1) is 0 Å². The number of amides is 1. The number of methoxy groups -OCH3 is 1. The van der Waals surface area contributed by atoms with Crippen LogP contribution in [0.3, 0.4) is 0 Å². The number of rotatable bonds is 6. The van der Waals surface area contributed by atoms with Crippen molar-refractivity contribution in [2.45, 2.75) is 37.6 Å². The standard InChI is InChI=1S/C24H28N4O3/c1-28-20-10-7-17(23(30)26-14-11-21(29)31-2)15-19(20)27-22(28)16-5-8-18(9-6-16)24(25)12-3-4-13-24/h5-10,15H,3-4,11-14,25H2,1-2H3,(H,26,30). The van der Waals surface area contributed by atoms with E-state index >= 15 is 0 Å². The lowest BCUT2D eigenvalue weighted by atomic mass is 9.89. The fourth-order valence-electron chi connectivity index (χ4n) is 4.33. The van der Waals surface area contributed by atoms with E-state index in [0.717, 1.165) is 35.3 Å². The molecule has 0 spiro atoms. The zero-order valence-electron chi connectivity index (χ0n) is 18.0. The third kappa shape index (κ3) is 4.18. The maximum Gasteiger partial charge on any atom is 0.307 e. The Hall–Kier alpha value is -3.19. The molecule has 162 valence electrons. The summed E-state index contributed by atoms with van der Waals surface area (Å²) < 4.78 is 6.61. The third-order valence-electron chi connectivity index (χ3n) is 6.20. The Morgan fingerprint density at radius 2 is 1.87 bits per heavy atom. The minimum Gasteiger partial charge on any atom is -0.469 e. The second-order valence-corrected chi connectivity index (χ2v) is 8.22. The molecule has 7 nitrogen and oxygen atoms in total. The highest BCUT2D eigenvalue weighted by molar-refractivity contribution is 5.98. The Kier molecular flexibility index (Phi) is 5.78. The maximum atomic E-state index is 12.4. The Balaban J connectivity index is 1.55. The van der Waals surface area contributed by atoms with Crippen LogP contribution in [0.15, 0.2) is 42.5 Å². The average Bonchev–Trinajstić information content (AvgIpc) is 3.37. The van der Waals surface area contributed by atoms with Gasteiger partial charge >= 0.3 is 5.97 Å². The van der Waals surface area contributed by atoms with Crippen molar-refractivity contribution >= 4 is 22.9 Å². The molecule has 1 aliphatic carbocycles. The average molecular weight is 421 g/mol. The highest BCUT2D eigenvalue weighted by atomic mass is 16.5. The number of nitrogens with zero attached hydrogens (tertiary/aromatic N) is 2. The van der Waals surface area contributed by atoms with Crippen LogP contribution >= 0.6 is 0 Å². The molecule has 0 unspecified atom stereocenters. The van der Waals surface area contributed by atoms with Gasteiger partial charge in [0.25, 0.3) is 5.91 Å². The van der Waals surface area contributed by atoms with Gasteiger partial charge in [-0.2, -0.15) is 0 Å². The number of benzene rings is 2. The van der Waals surface area contributed by atoms with Crippen LogP contribution in [0.1, 0.15) is 48.0 Å². The smallest absolute Gasteiger partial charge is 0.307 e. The van der Waals surface area contributed by atoms with E-state index in [-0.39, 0.29) is 30.4 Å². The summed E-state index contributed by atoms with van der Waals surface area (Å²) in [7, 11) is 3.29. The first-order chi connectivity index (χ1) is 14.9. The normalized spacial score (nSPS) is 15.2. The van der Waals surface area contributed by atoms with Crippen LogP contribution in [-0.4, -0.2) is 35.1 Å². The molecule has 3 aromatic rings. The Bertz CT molecular complexity index is 1110. The molecule has 7 heteroatoms. The van der Waals surface area contributed by atoms with Gasteiger partial charge in [-0.3, -0.25) is 9.59 Å². The number of hydrogen-bond acceptors (Lipinski definition) is 5. The van der Waals surface area contributed by atoms with Gasteiger partial charge in [0.2, 0.25) is 0 Å². The zero-order chi connectivity index (χ0) is 22.0. The van der Waals surface area contributed by atoms with Gasteiger partial charge in [-0.15, -0.1) is 0 Å². The molecule has 1 saturated carbocycles. The highest BCUT2D eigenvalue weighted by Crippen LogP contribution is 2.37. The fourth-order valence-corrected chi connectivity index (χ4v) is 4.33. The van der Waals surface area contributed by atoms with Gasteiger partial charge < -0.3 is 20.4 Å². The number of carbonyl (C=O) groups excluding carboxylic acids is 2. The van der Waals surface area contributed by atoms with Crippen LogP contribution in [0.2, 0.25) is 0 Å². The number of nitrogens with one attached hydrogen (secondary N) is 1. The van der Waals surface area contributed by atoms with Crippen LogP contribution in [-0.2, 0) is 22.1 Å². The van der Waals surface area contributed by atoms with Gasteiger partial charge in [0.05, 0.1) is 24.6 Å². The van der Waals surface area contributed by atoms with Crippen molar-refractivity contribution < 1.29 is 14.3 Å². The summed E-state index contributed by atoms with van der Waals surface area (Å²) in [5.74, 6) is 0.235. The lowest BCUT2D eigenvalue weighted by molar-refractivity contribution is -0.140. The summed E-state index contributed by atoms with van der Waals surface area (Å²) in [5, 5.41) is 2.73.